The van der Waals surface area contributed by atoms with E-state index in [1.807, 2.05) is 6.92 Å². The van der Waals surface area contributed by atoms with Gasteiger partial charge in [-0.25, -0.2) is 4.39 Å². The summed E-state index contributed by atoms with van der Waals surface area (Å²) in [6.45, 7) is 3.08. The largest absolute Gasteiger partial charge is 0.367 e. The van der Waals surface area contributed by atoms with Crippen LogP contribution < -0.4 is 10.6 Å². The Labute approximate surface area is 143 Å². The minimum atomic E-state index is -0.482. The number of anilines is 1. The minimum Gasteiger partial charge on any atom is -0.367 e. The smallest absolute Gasteiger partial charge is 0.151 e. The first-order valence-electron chi connectivity index (χ1n) is 6.59. The van der Waals surface area contributed by atoms with E-state index in [1.165, 1.54) is 12.1 Å². The predicted octanol–water partition coefficient (Wildman–Crippen LogP) is 4.34. The SMILES string of the molecule is C[C@@H](NCCNc1ccc(Cl)nn1)c1c(Cl)ccc(F)c1Cl. The van der Waals surface area contributed by atoms with Gasteiger partial charge in [0.2, 0.25) is 0 Å². The van der Waals surface area contributed by atoms with Crippen LogP contribution in [0.1, 0.15) is 18.5 Å². The summed E-state index contributed by atoms with van der Waals surface area (Å²) >= 11 is 17.7. The molecule has 0 fully saturated rings. The fraction of sp³-hybridized carbons (Fsp3) is 0.286. The molecule has 2 aromatic rings. The summed E-state index contributed by atoms with van der Waals surface area (Å²) < 4.78 is 13.5. The number of hydrogen-bond donors (Lipinski definition) is 2. The van der Waals surface area contributed by atoms with Gasteiger partial charge in [0, 0.05) is 29.7 Å². The van der Waals surface area contributed by atoms with Crippen molar-refractivity contribution >= 4 is 40.6 Å². The van der Waals surface area contributed by atoms with Gasteiger partial charge in [-0.2, -0.15) is 0 Å². The molecule has 0 aliphatic rings. The highest BCUT2D eigenvalue weighted by Crippen LogP contribution is 2.32. The first-order valence-corrected chi connectivity index (χ1v) is 7.72. The van der Waals surface area contributed by atoms with Gasteiger partial charge in [0.25, 0.3) is 0 Å². The Balaban J connectivity index is 1.87. The van der Waals surface area contributed by atoms with Crippen molar-refractivity contribution in [3.05, 3.63) is 50.8 Å². The number of nitrogens with zero attached hydrogens (tertiary/aromatic N) is 2. The number of aromatic nitrogens is 2. The molecule has 118 valence electrons. The highest BCUT2D eigenvalue weighted by atomic mass is 35.5. The van der Waals surface area contributed by atoms with E-state index in [0.29, 0.717) is 34.6 Å². The van der Waals surface area contributed by atoms with E-state index >= 15 is 0 Å². The first-order chi connectivity index (χ1) is 10.5. The summed E-state index contributed by atoms with van der Waals surface area (Å²) in [5.41, 5.74) is 0.551. The van der Waals surface area contributed by atoms with Gasteiger partial charge in [0.15, 0.2) is 5.15 Å². The molecule has 0 saturated heterocycles. The average Bonchev–Trinajstić information content (AvgIpc) is 2.50. The molecule has 1 aromatic heterocycles. The van der Waals surface area contributed by atoms with Crippen molar-refractivity contribution in [1.82, 2.24) is 15.5 Å². The van der Waals surface area contributed by atoms with Gasteiger partial charge >= 0.3 is 0 Å². The third kappa shape index (κ3) is 4.43. The van der Waals surface area contributed by atoms with Gasteiger partial charge < -0.3 is 10.6 Å². The molecule has 0 saturated carbocycles. The average molecular weight is 364 g/mol. The fourth-order valence-corrected chi connectivity index (χ4v) is 2.73. The number of benzene rings is 1. The van der Waals surface area contributed by atoms with Crippen LogP contribution >= 0.6 is 34.8 Å². The summed E-state index contributed by atoms with van der Waals surface area (Å²) in [5.74, 6) is 0.143. The molecule has 0 spiro atoms. The van der Waals surface area contributed by atoms with E-state index in [2.05, 4.69) is 20.8 Å². The molecule has 0 aliphatic carbocycles. The summed E-state index contributed by atoms with van der Waals surface area (Å²) in [7, 11) is 0. The van der Waals surface area contributed by atoms with Crippen LogP contribution in [0.15, 0.2) is 24.3 Å². The van der Waals surface area contributed by atoms with E-state index in [4.69, 9.17) is 34.8 Å². The second kappa shape index (κ2) is 7.92. The molecule has 0 aliphatic heterocycles. The van der Waals surface area contributed by atoms with Gasteiger partial charge in [0.05, 0.1) is 5.02 Å². The molecule has 2 N–H and O–H groups in total. The third-order valence-corrected chi connectivity index (χ3v) is 3.94. The molecular weight excluding hydrogens is 350 g/mol. The second-order valence-corrected chi connectivity index (χ2v) is 5.77. The van der Waals surface area contributed by atoms with Crippen molar-refractivity contribution in [3.8, 4) is 0 Å². The molecule has 1 atom stereocenters. The normalized spacial score (nSPS) is 12.2. The lowest BCUT2D eigenvalue weighted by molar-refractivity contribution is 0.576. The lowest BCUT2D eigenvalue weighted by Crippen LogP contribution is -2.26. The number of nitrogens with one attached hydrogen (secondary N) is 2. The second-order valence-electron chi connectivity index (χ2n) is 4.60. The van der Waals surface area contributed by atoms with E-state index in [1.54, 1.807) is 12.1 Å². The van der Waals surface area contributed by atoms with Crippen molar-refractivity contribution in [2.24, 2.45) is 0 Å². The Kier molecular flexibility index (Phi) is 6.20. The van der Waals surface area contributed by atoms with Crippen molar-refractivity contribution < 1.29 is 4.39 Å². The molecule has 4 nitrogen and oxygen atoms in total. The molecule has 0 radical (unpaired) electrons. The highest BCUT2D eigenvalue weighted by Gasteiger charge is 2.16. The monoisotopic (exact) mass is 362 g/mol. The lowest BCUT2D eigenvalue weighted by Gasteiger charge is -2.17. The maximum atomic E-state index is 13.5. The van der Waals surface area contributed by atoms with Crippen molar-refractivity contribution in [1.29, 1.82) is 0 Å². The van der Waals surface area contributed by atoms with E-state index < -0.39 is 5.82 Å². The Morgan fingerprint density at radius 1 is 1.09 bits per heavy atom. The molecular formula is C14H14Cl3FN4. The molecule has 1 heterocycles. The van der Waals surface area contributed by atoms with Gasteiger partial charge in [-0.1, -0.05) is 34.8 Å². The maximum Gasteiger partial charge on any atom is 0.151 e. The van der Waals surface area contributed by atoms with Crippen molar-refractivity contribution in [3.63, 3.8) is 0 Å². The quantitative estimate of drug-likeness (QED) is 0.592. The minimum absolute atomic E-state index is 0.0454. The molecule has 0 amide bonds. The Hall–Kier alpha value is -1.14. The number of halogens is 4. The van der Waals surface area contributed by atoms with E-state index in [0.717, 1.165) is 0 Å². The molecule has 0 unspecified atom stereocenters. The summed E-state index contributed by atoms with van der Waals surface area (Å²) in [5, 5.41) is 14.7. The van der Waals surface area contributed by atoms with Crippen molar-refractivity contribution in [2.75, 3.05) is 18.4 Å². The van der Waals surface area contributed by atoms with Crippen LogP contribution in [0.4, 0.5) is 10.2 Å². The Morgan fingerprint density at radius 2 is 1.86 bits per heavy atom. The van der Waals surface area contributed by atoms with Gasteiger partial charge in [-0.15, -0.1) is 10.2 Å². The highest BCUT2D eigenvalue weighted by molar-refractivity contribution is 6.36. The first kappa shape index (κ1) is 17.2. The van der Waals surface area contributed by atoms with Crippen LogP contribution in [0, 0.1) is 5.82 Å². The number of hydrogen-bond acceptors (Lipinski definition) is 4. The van der Waals surface area contributed by atoms with Gasteiger partial charge in [-0.3, -0.25) is 0 Å². The Morgan fingerprint density at radius 3 is 2.55 bits per heavy atom. The van der Waals surface area contributed by atoms with Crippen LogP contribution in [0.2, 0.25) is 15.2 Å². The van der Waals surface area contributed by atoms with Crippen LogP contribution in [-0.2, 0) is 0 Å². The van der Waals surface area contributed by atoms with Crippen LogP contribution in [0.5, 0.6) is 0 Å². The maximum absolute atomic E-state index is 13.5. The zero-order chi connectivity index (χ0) is 16.1. The molecule has 2 rings (SSSR count). The van der Waals surface area contributed by atoms with Gasteiger partial charge in [0.1, 0.15) is 11.6 Å². The predicted molar refractivity (Wildman–Crippen MR) is 88.4 cm³/mol. The van der Waals surface area contributed by atoms with Crippen LogP contribution in [0.25, 0.3) is 0 Å². The lowest BCUT2D eigenvalue weighted by atomic mass is 10.1. The summed E-state index contributed by atoms with van der Waals surface area (Å²) in [6, 6.07) is 5.95. The molecule has 0 bridgehead atoms. The summed E-state index contributed by atoms with van der Waals surface area (Å²) in [4.78, 5) is 0. The zero-order valence-corrected chi connectivity index (χ0v) is 14.0. The topological polar surface area (TPSA) is 49.8 Å². The van der Waals surface area contributed by atoms with Crippen LogP contribution in [0.3, 0.4) is 0 Å². The van der Waals surface area contributed by atoms with E-state index in [-0.39, 0.29) is 11.1 Å². The third-order valence-electron chi connectivity index (χ3n) is 3.03. The van der Waals surface area contributed by atoms with E-state index in [9.17, 15) is 4.39 Å². The Bertz CT molecular complexity index is 637. The number of rotatable bonds is 6. The summed E-state index contributed by atoms with van der Waals surface area (Å²) in [6.07, 6.45) is 0. The van der Waals surface area contributed by atoms with Gasteiger partial charge in [-0.05, 0) is 31.2 Å². The van der Waals surface area contributed by atoms with Crippen LogP contribution in [-0.4, -0.2) is 23.3 Å². The molecule has 1 aromatic carbocycles. The standard InChI is InChI=1S/C14H14Cl3FN4/c1-8(13-9(15)2-3-10(18)14(13)17)19-6-7-20-12-5-4-11(16)21-22-12/h2-5,8,19H,6-7H2,1H3,(H,20,22)/t8-/m1/s1. The zero-order valence-electron chi connectivity index (χ0n) is 11.7. The van der Waals surface area contributed by atoms with Crippen molar-refractivity contribution in [2.45, 2.75) is 13.0 Å². The molecule has 8 heteroatoms. The fourth-order valence-electron chi connectivity index (χ4n) is 1.93. The molecule has 22 heavy (non-hydrogen) atoms.